The fourth-order valence-electron chi connectivity index (χ4n) is 2.32. The second kappa shape index (κ2) is 5.83. The van der Waals surface area contributed by atoms with E-state index in [0.717, 1.165) is 32.1 Å². The number of hydrogen-bond acceptors (Lipinski definition) is 5. The van der Waals surface area contributed by atoms with Crippen LogP contribution < -0.4 is 10.5 Å². The third kappa shape index (κ3) is 3.63. The third-order valence-corrected chi connectivity index (χ3v) is 5.37. The van der Waals surface area contributed by atoms with Gasteiger partial charge in [-0.2, -0.15) is 0 Å². The van der Waals surface area contributed by atoms with Crippen molar-refractivity contribution in [3.63, 3.8) is 0 Å². The van der Waals surface area contributed by atoms with Crippen LogP contribution in [0.4, 0.5) is 5.82 Å². The minimum Gasteiger partial charge on any atom is -0.383 e. The van der Waals surface area contributed by atoms with Crippen molar-refractivity contribution in [2.45, 2.75) is 50.8 Å². The van der Waals surface area contributed by atoms with Gasteiger partial charge < -0.3 is 5.73 Å². The third-order valence-electron chi connectivity index (χ3n) is 3.47. The Morgan fingerprint density at radius 2 is 2.05 bits per heavy atom. The molecular weight excluding hydrogens is 264 g/mol. The Morgan fingerprint density at radius 1 is 1.37 bits per heavy atom. The van der Waals surface area contributed by atoms with Crippen LogP contribution in [0.5, 0.6) is 0 Å². The van der Waals surface area contributed by atoms with Gasteiger partial charge in [0.25, 0.3) is 0 Å². The van der Waals surface area contributed by atoms with Gasteiger partial charge in [0.15, 0.2) is 0 Å². The fraction of sp³-hybridized carbons (Fsp3) is 0.667. The van der Waals surface area contributed by atoms with Gasteiger partial charge in [-0.15, -0.1) is 0 Å². The maximum atomic E-state index is 12.1. The molecule has 6 nitrogen and oxygen atoms in total. The highest BCUT2D eigenvalue weighted by atomic mass is 32.2. The maximum absolute atomic E-state index is 12.1. The van der Waals surface area contributed by atoms with Gasteiger partial charge in [-0.05, 0) is 19.8 Å². The molecule has 1 heterocycles. The normalized spacial score (nSPS) is 17.5. The van der Waals surface area contributed by atoms with Crippen LogP contribution in [0.25, 0.3) is 0 Å². The van der Waals surface area contributed by atoms with E-state index in [4.69, 9.17) is 5.73 Å². The molecule has 1 aromatic rings. The number of rotatable bonds is 4. The van der Waals surface area contributed by atoms with Crippen molar-refractivity contribution in [2.75, 3.05) is 5.73 Å². The summed E-state index contributed by atoms with van der Waals surface area (Å²) in [7, 11) is -3.27. The van der Waals surface area contributed by atoms with Gasteiger partial charge in [-0.1, -0.05) is 19.3 Å². The molecule has 1 aliphatic carbocycles. The van der Waals surface area contributed by atoms with Crippen LogP contribution in [0, 0.1) is 6.92 Å². The number of hydrogen-bond donors (Lipinski definition) is 2. The largest absolute Gasteiger partial charge is 0.383 e. The van der Waals surface area contributed by atoms with Crippen molar-refractivity contribution in [3.8, 4) is 0 Å². The Labute approximate surface area is 113 Å². The number of nitrogen functional groups attached to an aromatic ring is 1. The van der Waals surface area contributed by atoms with E-state index in [0.29, 0.717) is 17.2 Å². The van der Waals surface area contributed by atoms with E-state index < -0.39 is 10.0 Å². The summed E-state index contributed by atoms with van der Waals surface area (Å²) in [5.41, 5.74) is 6.36. The number of nitrogens with two attached hydrogens (primary N) is 1. The van der Waals surface area contributed by atoms with E-state index in [1.165, 1.54) is 0 Å². The van der Waals surface area contributed by atoms with Gasteiger partial charge in [-0.3, -0.25) is 0 Å². The number of anilines is 1. The first-order valence-electron chi connectivity index (χ1n) is 6.55. The topological polar surface area (TPSA) is 98.0 Å². The molecule has 106 valence electrons. The van der Waals surface area contributed by atoms with Crippen molar-refractivity contribution >= 4 is 15.8 Å². The van der Waals surface area contributed by atoms with E-state index in [-0.39, 0.29) is 11.8 Å². The molecule has 0 unspecified atom stereocenters. The van der Waals surface area contributed by atoms with Crippen LogP contribution in [0.15, 0.2) is 6.20 Å². The predicted octanol–water partition coefficient (Wildman–Crippen LogP) is 1.12. The Balaban J connectivity index is 2.00. The first-order chi connectivity index (χ1) is 8.99. The molecular formula is C12H20N4O2S. The summed E-state index contributed by atoms with van der Waals surface area (Å²) in [6.45, 7) is 1.90. The fourth-order valence-corrected chi connectivity index (χ4v) is 3.87. The zero-order valence-electron chi connectivity index (χ0n) is 11.1. The molecule has 0 saturated heterocycles. The quantitative estimate of drug-likeness (QED) is 0.863. The molecule has 19 heavy (non-hydrogen) atoms. The van der Waals surface area contributed by atoms with Gasteiger partial charge in [-0.25, -0.2) is 23.1 Å². The van der Waals surface area contributed by atoms with Crippen LogP contribution >= 0.6 is 0 Å². The van der Waals surface area contributed by atoms with Gasteiger partial charge in [0, 0.05) is 18.3 Å². The molecule has 3 N–H and O–H groups in total. The molecule has 0 aliphatic heterocycles. The second-order valence-electron chi connectivity index (χ2n) is 4.95. The summed E-state index contributed by atoms with van der Waals surface area (Å²) in [5.74, 6) is 0.912. The van der Waals surface area contributed by atoms with Gasteiger partial charge >= 0.3 is 0 Å². The molecule has 2 rings (SSSR count). The highest BCUT2D eigenvalue weighted by Crippen LogP contribution is 2.23. The summed E-state index contributed by atoms with van der Waals surface area (Å²) >= 11 is 0. The van der Waals surface area contributed by atoms with E-state index in [9.17, 15) is 8.42 Å². The Hall–Kier alpha value is -1.21. The second-order valence-corrected chi connectivity index (χ2v) is 7.00. The van der Waals surface area contributed by atoms with Crippen LogP contribution in [0.2, 0.25) is 0 Å². The standard InChI is InChI=1S/C12H20N4O2S/c1-9-14-7-10(12(13)16-9)8-15-19(17,18)11-5-3-2-4-6-11/h7,11,15H,2-6,8H2,1H3,(H2,13,14,16). The number of nitrogens with one attached hydrogen (secondary N) is 1. The lowest BCUT2D eigenvalue weighted by Gasteiger charge is -2.22. The number of sulfonamides is 1. The van der Waals surface area contributed by atoms with E-state index in [2.05, 4.69) is 14.7 Å². The minimum absolute atomic E-state index is 0.158. The van der Waals surface area contributed by atoms with Crippen LogP contribution in [-0.4, -0.2) is 23.6 Å². The molecule has 1 aromatic heterocycles. The summed E-state index contributed by atoms with van der Waals surface area (Å²) in [6.07, 6.45) is 6.17. The van der Waals surface area contributed by atoms with Gasteiger partial charge in [0.1, 0.15) is 11.6 Å². The summed E-state index contributed by atoms with van der Waals surface area (Å²) in [4.78, 5) is 8.05. The number of aromatic nitrogens is 2. The van der Waals surface area contributed by atoms with Crippen molar-refractivity contribution < 1.29 is 8.42 Å². The Bertz CT molecular complexity index is 539. The minimum atomic E-state index is -3.27. The lowest BCUT2D eigenvalue weighted by molar-refractivity contribution is 0.477. The summed E-state index contributed by atoms with van der Waals surface area (Å²) in [6, 6.07) is 0. The Morgan fingerprint density at radius 3 is 2.68 bits per heavy atom. The van der Waals surface area contributed by atoms with Crippen LogP contribution in [0.1, 0.15) is 43.5 Å². The van der Waals surface area contributed by atoms with Crippen molar-refractivity contribution in [1.29, 1.82) is 0 Å². The van der Waals surface area contributed by atoms with Crippen molar-refractivity contribution in [3.05, 3.63) is 17.6 Å². The zero-order valence-corrected chi connectivity index (χ0v) is 11.9. The average molecular weight is 284 g/mol. The average Bonchev–Trinajstić information content (AvgIpc) is 2.39. The first-order valence-corrected chi connectivity index (χ1v) is 8.10. The number of aryl methyl sites for hydroxylation is 1. The van der Waals surface area contributed by atoms with Crippen LogP contribution in [-0.2, 0) is 16.6 Å². The molecule has 1 saturated carbocycles. The number of nitrogens with zero attached hydrogens (tertiary/aromatic N) is 2. The molecule has 0 amide bonds. The molecule has 0 atom stereocenters. The molecule has 0 spiro atoms. The van der Waals surface area contributed by atoms with E-state index in [1.807, 2.05) is 0 Å². The highest BCUT2D eigenvalue weighted by Gasteiger charge is 2.26. The smallest absolute Gasteiger partial charge is 0.214 e. The monoisotopic (exact) mass is 284 g/mol. The van der Waals surface area contributed by atoms with E-state index in [1.54, 1.807) is 13.1 Å². The molecule has 0 radical (unpaired) electrons. The Kier molecular flexibility index (Phi) is 4.36. The molecule has 1 aliphatic rings. The van der Waals surface area contributed by atoms with Crippen molar-refractivity contribution in [1.82, 2.24) is 14.7 Å². The molecule has 7 heteroatoms. The van der Waals surface area contributed by atoms with Crippen molar-refractivity contribution in [2.24, 2.45) is 0 Å². The molecule has 1 fully saturated rings. The summed E-state index contributed by atoms with van der Waals surface area (Å²) in [5, 5.41) is -0.270. The zero-order chi connectivity index (χ0) is 13.9. The van der Waals surface area contributed by atoms with Gasteiger partial charge in [0.05, 0.1) is 5.25 Å². The molecule has 0 bridgehead atoms. The lowest BCUT2D eigenvalue weighted by Crippen LogP contribution is -2.35. The first kappa shape index (κ1) is 14.2. The van der Waals surface area contributed by atoms with E-state index >= 15 is 0 Å². The molecule has 0 aromatic carbocycles. The SMILES string of the molecule is Cc1ncc(CNS(=O)(=O)C2CCCCC2)c(N)n1. The summed E-state index contributed by atoms with van der Waals surface area (Å²) < 4.78 is 26.9. The lowest BCUT2D eigenvalue weighted by atomic mass is 10.0. The highest BCUT2D eigenvalue weighted by molar-refractivity contribution is 7.90. The van der Waals surface area contributed by atoms with Gasteiger partial charge in [0.2, 0.25) is 10.0 Å². The maximum Gasteiger partial charge on any atom is 0.214 e. The predicted molar refractivity (Wildman–Crippen MR) is 73.8 cm³/mol. The van der Waals surface area contributed by atoms with Crippen LogP contribution in [0.3, 0.4) is 0 Å².